The van der Waals surface area contributed by atoms with Crippen molar-refractivity contribution in [1.29, 1.82) is 0 Å². The van der Waals surface area contributed by atoms with Gasteiger partial charge in [-0.3, -0.25) is 9.98 Å². The molecule has 2 aromatic heterocycles. The molecule has 2 N–H and O–H groups in total. The summed E-state index contributed by atoms with van der Waals surface area (Å²) in [7, 11) is 0. The number of rotatable bonds is 8. The zero-order valence-electron chi connectivity index (χ0n) is 16.9. The van der Waals surface area contributed by atoms with E-state index in [0.717, 1.165) is 38.4 Å². The molecule has 0 aliphatic carbocycles. The average Bonchev–Trinajstić information content (AvgIpc) is 3.19. The average molecular weight is 386 g/mol. The number of piperidine rings is 1. The number of hydrogen-bond acceptors (Lipinski definition) is 6. The number of aromatic nitrogens is 3. The molecule has 0 atom stereocenters. The lowest BCUT2D eigenvalue weighted by molar-refractivity contribution is 0.206. The van der Waals surface area contributed by atoms with E-state index < -0.39 is 0 Å². The highest BCUT2D eigenvalue weighted by Gasteiger charge is 2.19. The van der Waals surface area contributed by atoms with Crippen LogP contribution in [0.2, 0.25) is 0 Å². The van der Waals surface area contributed by atoms with Gasteiger partial charge in [-0.05, 0) is 44.9 Å². The number of nitrogens with one attached hydrogen (secondary N) is 2. The zero-order chi connectivity index (χ0) is 19.6. The summed E-state index contributed by atoms with van der Waals surface area (Å²) in [5, 5.41) is 10.9. The molecule has 0 unspecified atom stereocenters. The van der Waals surface area contributed by atoms with Crippen LogP contribution >= 0.6 is 0 Å². The fraction of sp³-hybridized carbons (Fsp3) is 0.600. The Hall–Kier alpha value is -2.48. The smallest absolute Gasteiger partial charge is 0.276 e. The minimum Gasteiger partial charge on any atom is -0.357 e. The molecule has 0 saturated carbocycles. The zero-order valence-corrected chi connectivity index (χ0v) is 16.9. The monoisotopic (exact) mass is 385 g/mol. The Kier molecular flexibility index (Phi) is 7.78. The van der Waals surface area contributed by atoms with E-state index in [0.29, 0.717) is 36.4 Å². The SMILES string of the molecule is CCCN1CCC(NC(=NCCc2noc(-c3ccccn3)n2)NCC)CC1. The normalized spacial score (nSPS) is 16.3. The first-order valence-electron chi connectivity index (χ1n) is 10.3. The molecule has 2 aromatic rings. The van der Waals surface area contributed by atoms with Crippen molar-refractivity contribution in [3.8, 4) is 11.6 Å². The van der Waals surface area contributed by atoms with E-state index in [-0.39, 0.29) is 0 Å². The molecule has 152 valence electrons. The van der Waals surface area contributed by atoms with Crippen LogP contribution in [0.3, 0.4) is 0 Å². The van der Waals surface area contributed by atoms with Crippen LogP contribution in [0.25, 0.3) is 11.6 Å². The van der Waals surface area contributed by atoms with Crippen molar-refractivity contribution >= 4 is 5.96 Å². The Labute approximate surface area is 166 Å². The number of guanidine groups is 1. The molecule has 28 heavy (non-hydrogen) atoms. The lowest BCUT2D eigenvalue weighted by atomic mass is 10.1. The summed E-state index contributed by atoms with van der Waals surface area (Å²) in [5.74, 6) is 1.96. The van der Waals surface area contributed by atoms with E-state index in [9.17, 15) is 0 Å². The maximum absolute atomic E-state index is 5.30. The van der Waals surface area contributed by atoms with Gasteiger partial charge in [0, 0.05) is 44.8 Å². The fourth-order valence-corrected chi connectivity index (χ4v) is 3.35. The minimum absolute atomic E-state index is 0.448. The second-order valence-corrected chi connectivity index (χ2v) is 7.00. The Morgan fingerprint density at radius 2 is 2.14 bits per heavy atom. The summed E-state index contributed by atoms with van der Waals surface area (Å²) in [6.07, 6.45) is 5.87. The van der Waals surface area contributed by atoms with Gasteiger partial charge in [-0.1, -0.05) is 18.1 Å². The molecule has 3 rings (SSSR count). The van der Waals surface area contributed by atoms with Crippen molar-refractivity contribution in [2.45, 2.75) is 45.6 Å². The predicted octanol–water partition coefficient (Wildman–Crippen LogP) is 2.10. The van der Waals surface area contributed by atoms with Crippen molar-refractivity contribution in [2.75, 3.05) is 32.7 Å². The maximum Gasteiger partial charge on any atom is 0.276 e. The lowest BCUT2D eigenvalue weighted by Crippen LogP contribution is -2.48. The topological polar surface area (TPSA) is 91.5 Å². The molecule has 0 radical (unpaired) electrons. The van der Waals surface area contributed by atoms with Gasteiger partial charge >= 0.3 is 0 Å². The Balaban J connectivity index is 1.49. The molecule has 1 fully saturated rings. The van der Waals surface area contributed by atoms with Crippen molar-refractivity contribution in [3.63, 3.8) is 0 Å². The van der Waals surface area contributed by atoms with E-state index in [1.807, 2.05) is 18.2 Å². The first kappa shape index (κ1) is 20.3. The van der Waals surface area contributed by atoms with E-state index in [4.69, 9.17) is 4.52 Å². The lowest BCUT2D eigenvalue weighted by Gasteiger charge is -2.32. The molecule has 3 heterocycles. The van der Waals surface area contributed by atoms with Gasteiger partial charge in [-0.2, -0.15) is 4.98 Å². The highest BCUT2D eigenvalue weighted by atomic mass is 16.5. The van der Waals surface area contributed by atoms with Crippen LogP contribution in [0.4, 0.5) is 0 Å². The first-order valence-corrected chi connectivity index (χ1v) is 10.3. The molecular formula is C20H31N7O. The van der Waals surface area contributed by atoms with Crippen molar-refractivity contribution in [2.24, 2.45) is 4.99 Å². The van der Waals surface area contributed by atoms with Gasteiger partial charge in [0.2, 0.25) is 0 Å². The Bertz CT molecular complexity index is 723. The number of likely N-dealkylation sites (tertiary alicyclic amines) is 1. The summed E-state index contributed by atoms with van der Waals surface area (Å²) >= 11 is 0. The number of nitrogens with zero attached hydrogens (tertiary/aromatic N) is 5. The minimum atomic E-state index is 0.448. The molecule has 0 bridgehead atoms. The van der Waals surface area contributed by atoms with E-state index >= 15 is 0 Å². The van der Waals surface area contributed by atoms with Crippen LogP contribution in [0.15, 0.2) is 33.9 Å². The second-order valence-electron chi connectivity index (χ2n) is 7.00. The quantitative estimate of drug-likeness (QED) is 0.531. The van der Waals surface area contributed by atoms with Gasteiger partial charge in [0.1, 0.15) is 5.69 Å². The molecular weight excluding hydrogens is 354 g/mol. The third-order valence-corrected chi connectivity index (χ3v) is 4.77. The van der Waals surface area contributed by atoms with Crippen molar-refractivity contribution in [1.82, 2.24) is 30.7 Å². The van der Waals surface area contributed by atoms with Gasteiger partial charge in [-0.15, -0.1) is 0 Å². The number of pyridine rings is 1. The maximum atomic E-state index is 5.30. The molecule has 1 saturated heterocycles. The summed E-state index contributed by atoms with van der Waals surface area (Å²) in [4.78, 5) is 15.9. The van der Waals surface area contributed by atoms with Gasteiger partial charge in [0.15, 0.2) is 11.8 Å². The van der Waals surface area contributed by atoms with Gasteiger partial charge < -0.3 is 20.1 Å². The van der Waals surface area contributed by atoms with Gasteiger partial charge in [0.05, 0.1) is 0 Å². The van der Waals surface area contributed by atoms with E-state index in [1.54, 1.807) is 6.20 Å². The first-order chi connectivity index (χ1) is 13.8. The number of aliphatic imine (C=N–C) groups is 1. The van der Waals surface area contributed by atoms with E-state index in [2.05, 4.69) is 49.5 Å². The summed E-state index contributed by atoms with van der Waals surface area (Å²) in [6, 6.07) is 6.09. The van der Waals surface area contributed by atoms with E-state index in [1.165, 1.54) is 13.0 Å². The Morgan fingerprint density at radius 1 is 1.29 bits per heavy atom. The van der Waals surface area contributed by atoms with Gasteiger partial charge in [-0.25, -0.2) is 0 Å². The summed E-state index contributed by atoms with van der Waals surface area (Å²) < 4.78 is 5.30. The Morgan fingerprint density at radius 3 is 2.86 bits per heavy atom. The highest BCUT2D eigenvalue weighted by Crippen LogP contribution is 2.13. The molecule has 0 spiro atoms. The fourth-order valence-electron chi connectivity index (χ4n) is 3.35. The summed E-state index contributed by atoms with van der Waals surface area (Å²) in [5.41, 5.74) is 0.689. The molecule has 8 heteroatoms. The van der Waals surface area contributed by atoms with Gasteiger partial charge in [0.25, 0.3) is 5.89 Å². The van der Waals surface area contributed by atoms with Crippen LogP contribution in [0.1, 0.15) is 38.9 Å². The highest BCUT2D eigenvalue weighted by molar-refractivity contribution is 5.80. The third kappa shape index (κ3) is 6.02. The van der Waals surface area contributed by atoms with Crippen molar-refractivity contribution in [3.05, 3.63) is 30.2 Å². The standard InChI is InChI=1S/C20H31N7O/c1-3-13-27-14-9-16(10-15-27)24-20(21-4-2)23-12-8-18-25-19(28-26-18)17-7-5-6-11-22-17/h5-7,11,16H,3-4,8-10,12-15H2,1-2H3,(H2,21,23,24). The van der Waals surface area contributed by atoms with Crippen LogP contribution in [0.5, 0.6) is 0 Å². The summed E-state index contributed by atoms with van der Waals surface area (Å²) in [6.45, 7) is 9.28. The van der Waals surface area contributed by atoms with Crippen LogP contribution in [0, 0.1) is 0 Å². The third-order valence-electron chi connectivity index (χ3n) is 4.77. The van der Waals surface area contributed by atoms with Crippen LogP contribution in [-0.4, -0.2) is 64.7 Å². The molecule has 8 nitrogen and oxygen atoms in total. The van der Waals surface area contributed by atoms with Crippen molar-refractivity contribution < 1.29 is 4.52 Å². The molecule has 1 aliphatic heterocycles. The van der Waals surface area contributed by atoms with Crippen LogP contribution < -0.4 is 10.6 Å². The number of hydrogen-bond donors (Lipinski definition) is 2. The predicted molar refractivity (Wildman–Crippen MR) is 110 cm³/mol. The largest absolute Gasteiger partial charge is 0.357 e. The second kappa shape index (κ2) is 10.8. The molecule has 0 aromatic carbocycles. The van der Waals surface area contributed by atoms with Crippen LogP contribution in [-0.2, 0) is 6.42 Å². The molecule has 1 aliphatic rings. The molecule has 0 amide bonds.